The minimum atomic E-state index is -0.428. The van der Waals surface area contributed by atoms with Crippen LogP contribution in [0.15, 0.2) is 58.3 Å². The highest BCUT2D eigenvalue weighted by Crippen LogP contribution is 2.28. The molecule has 3 N–H and O–H groups in total. The van der Waals surface area contributed by atoms with E-state index in [1.54, 1.807) is 23.6 Å². The maximum absolute atomic E-state index is 12.7. The standard InChI is InChI=1S/C20H23N5O3S/c1-13(15-7-4-3-5-8-15)22-19(27)14(2)29-20-24-23-18(16-9-6-12-28-16)25(20)11-10-17(21)26/h3-9,12-14H,10-11H2,1-2H3,(H2,21,26)(H,22,27). The van der Waals surface area contributed by atoms with Crippen molar-refractivity contribution in [2.75, 3.05) is 0 Å². The first kappa shape index (κ1) is 20.7. The number of carbonyl (C=O) groups excluding carboxylic acids is 2. The molecule has 3 rings (SSSR count). The maximum Gasteiger partial charge on any atom is 0.233 e. The van der Waals surface area contributed by atoms with Gasteiger partial charge in [-0.15, -0.1) is 10.2 Å². The summed E-state index contributed by atoms with van der Waals surface area (Å²) in [5, 5.41) is 11.5. The fraction of sp³-hybridized carbons (Fsp3) is 0.300. The summed E-state index contributed by atoms with van der Waals surface area (Å²) < 4.78 is 7.16. The van der Waals surface area contributed by atoms with Gasteiger partial charge in [-0.3, -0.25) is 14.2 Å². The Hall–Kier alpha value is -3.07. The summed E-state index contributed by atoms with van der Waals surface area (Å²) in [5.41, 5.74) is 6.33. The van der Waals surface area contributed by atoms with E-state index in [0.29, 0.717) is 23.3 Å². The molecule has 2 unspecified atom stereocenters. The van der Waals surface area contributed by atoms with Crippen molar-refractivity contribution < 1.29 is 14.0 Å². The van der Waals surface area contributed by atoms with E-state index in [9.17, 15) is 9.59 Å². The van der Waals surface area contributed by atoms with E-state index in [2.05, 4.69) is 15.5 Å². The summed E-state index contributed by atoms with van der Waals surface area (Å²) in [6.45, 7) is 4.04. The molecule has 0 aliphatic rings. The predicted molar refractivity (Wildman–Crippen MR) is 110 cm³/mol. The molecule has 3 aromatic rings. The van der Waals surface area contributed by atoms with Crippen LogP contribution >= 0.6 is 11.8 Å². The second-order valence-corrected chi connectivity index (χ2v) is 7.86. The normalized spacial score (nSPS) is 13.0. The van der Waals surface area contributed by atoms with Gasteiger partial charge < -0.3 is 15.5 Å². The molecule has 2 heterocycles. The lowest BCUT2D eigenvalue weighted by Gasteiger charge is -2.18. The van der Waals surface area contributed by atoms with Crippen LogP contribution in [-0.4, -0.2) is 31.8 Å². The Morgan fingerprint density at radius 3 is 2.59 bits per heavy atom. The van der Waals surface area contributed by atoms with E-state index in [1.165, 1.54) is 18.0 Å². The molecule has 0 saturated heterocycles. The minimum absolute atomic E-state index is 0.113. The third-order valence-corrected chi connectivity index (χ3v) is 5.43. The Morgan fingerprint density at radius 2 is 1.93 bits per heavy atom. The molecular weight excluding hydrogens is 390 g/mol. The molecule has 8 nitrogen and oxygen atoms in total. The van der Waals surface area contributed by atoms with E-state index in [1.807, 2.05) is 37.3 Å². The van der Waals surface area contributed by atoms with Gasteiger partial charge in [0.25, 0.3) is 0 Å². The number of carbonyl (C=O) groups is 2. The van der Waals surface area contributed by atoms with Crippen LogP contribution in [0.1, 0.15) is 31.9 Å². The number of nitrogens with two attached hydrogens (primary N) is 1. The number of nitrogens with one attached hydrogen (secondary N) is 1. The molecule has 0 bridgehead atoms. The largest absolute Gasteiger partial charge is 0.461 e. The fourth-order valence-corrected chi connectivity index (χ4v) is 3.64. The monoisotopic (exact) mass is 413 g/mol. The molecule has 0 aliphatic heterocycles. The Balaban J connectivity index is 1.72. The van der Waals surface area contributed by atoms with Gasteiger partial charge in [-0.25, -0.2) is 0 Å². The van der Waals surface area contributed by atoms with Crippen LogP contribution in [0.4, 0.5) is 0 Å². The summed E-state index contributed by atoms with van der Waals surface area (Å²) in [5.74, 6) is 0.477. The van der Waals surface area contributed by atoms with Crippen LogP contribution in [0.5, 0.6) is 0 Å². The number of primary amides is 1. The molecule has 2 aromatic heterocycles. The maximum atomic E-state index is 12.7. The summed E-state index contributed by atoms with van der Waals surface area (Å²) in [6, 6.07) is 13.1. The van der Waals surface area contributed by atoms with Gasteiger partial charge in [0.05, 0.1) is 17.6 Å². The zero-order valence-corrected chi connectivity index (χ0v) is 17.1. The molecule has 0 spiro atoms. The highest BCUT2D eigenvalue weighted by molar-refractivity contribution is 8.00. The molecule has 152 valence electrons. The summed E-state index contributed by atoms with van der Waals surface area (Å²) >= 11 is 1.27. The number of amides is 2. The van der Waals surface area contributed by atoms with Crippen LogP contribution in [0.25, 0.3) is 11.6 Å². The number of rotatable bonds is 9. The number of thioether (sulfide) groups is 1. The Labute approximate surface area is 172 Å². The zero-order chi connectivity index (χ0) is 20.8. The number of aromatic nitrogens is 3. The van der Waals surface area contributed by atoms with Crippen LogP contribution in [0.3, 0.4) is 0 Å². The second-order valence-electron chi connectivity index (χ2n) is 6.55. The van der Waals surface area contributed by atoms with Gasteiger partial charge in [-0.1, -0.05) is 42.1 Å². The lowest BCUT2D eigenvalue weighted by molar-refractivity contribution is -0.121. The molecule has 9 heteroatoms. The summed E-state index contributed by atoms with van der Waals surface area (Å²) in [4.78, 5) is 23.9. The van der Waals surface area contributed by atoms with Gasteiger partial charge in [0, 0.05) is 13.0 Å². The molecule has 29 heavy (non-hydrogen) atoms. The fourth-order valence-electron chi connectivity index (χ4n) is 2.75. The van der Waals surface area contributed by atoms with Gasteiger partial charge in [0.15, 0.2) is 16.7 Å². The van der Waals surface area contributed by atoms with Crippen molar-refractivity contribution in [2.45, 2.75) is 43.3 Å². The first-order valence-electron chi connectivity index (χ1n) is 9.23. The van der Waals surface area contributed by atoms with Crippen LogP contribution < -0.4 is 11.1 Å². The average Bonchev–Trinajstić information content (AvgIpc) is 3.36. The number of furan rings is 1. The first-order chi connectivity index (χ1) is 14.0. The smallest absolute Gasteiger partial charge is 0.233 e. The van der Waals surface area contributed by atoms with Crippen molar-refractivity contribution >= 4 is 23.6 Å². The van der Waals surface area contributed by atoms with Gasteiger partial charge in [0.2, 0.25) is 11.8 Å². The minimum Gasteiger partial charge on any atom is -0.461 e. The highest BCUT2D eigenvalue weighted by atomic mass is 32.2. The number of hydrogen-bond acceptors (Lipinski definition) is 6. The molecule has 2 amide bonds. The highest BCUT2D eigenvalue weighted by Gasteiger charge is 2.23. The van der Waals surface area contributed by atoms with E-state index >= 15 is 0 Å². The Kier molecular flexibility index (Phi) is 6.71. The third-order valence-electron chi connectivity index (χ3n) is 4.35. The third kappa shape index (κ3) is 5.26. The molecule has 0 radical (unpaired) electrons. The van der Waals surface area contributed by atoms with Crippen LogP contribution in [0, 0.1) is 0 Å². The topological polar surface area (TPSA) is 116 Å². The number of benzene rings is 1. The SMILES string of the molecule is CC(Sc1nnc(-c2ccco2)n1CCC(N)=O)C(=O)NC(C)c1ccccc1. The van der Waals surface area contributed by atoms with E-state index in [-0.39, 0.29) is 18.4 Å². The molecule has 0 aliphatic carbocycles. The van der Waals surface area contributed by atoms with Gasteiger partial charge in [0.1, 0.15) is 0 Å². The van der Waals surface area contributed by atoms with Crippen molar-refractivity contribution in [1.82, 2.24) is 20.1 Å². The zero-order valence-electron chi connectivity index (χ0n) is 16.2. The van der Waals surface area contributed by atoms with Crippen molar-refractivity contribution in [3.8, 4) is 11.6 Å². The second kappa shape index (κ2) is 9.42. The molecule has 2 atom stereocenters. The van der Waals surface area contributed by atoms with Gasteiger partial charge in [-0.05, 0) is 31.5 Å². The summed E-state index contributed by atoms with van der Waals surface area (Å²) in [7, 11) is 0. The molecule has 0 saturated carbocycles. The Bertz CT molecular complexity index is 956. The number of hydrogen-bond donors (Lipinski definition) is 2. The van der Waals surface area contributed by atoms with Crippen LogP contribution in [-0.2, 0) is 16.1 Å². The lowest BCUT2D eigenvalue weighted by atomic mass is 10.1. The average molecular weight is 414 g/mol. The molecule has 0 fully saturated rings. The van der Waals surface area contributed by atoms with Gasteiger partial charge in [-0.2, -0.15) is 0 Å². The van der Waals surface area contributed by atoms with E-state index in [0.717, 1.165) is 5.56 Å². The molecule has 1 aromatic carbocycles. The van der Waals surface area contributed by atoms with E-state index < -0.39 is 11.2 Å². The number of nitrogens with zero attached hydrogens (tertiary/aromatic N) is 3. The van der Waals surface area contributed by atoms with Crippen molar-refractivity contribution in [3.05, 3.63) is 54.3 Å². The first-order valence-corrected chi connectivity index (χ1v) is 10.1. The van der Waals surface area contributed by atoms with Crippen molar-refractivity contribution in [3.63, 3.8) is 0 Å². The quantitative estimate of drug-likeness (QED) is 0.521. The van der Waals surface area contributed by atoms with Crippen molar-refractivity contribution in [1.29, 1.82) is 0 Å². The van der Waals surface area contributed by atoms with Crippen molar-refractivity contribution in [2.24, 2.45) is 5.73 Å². The van der Waals surface area contributed by atoms with E-state index in [4.69, 9.17) is 10.2 Å². The lowest BCUT2D eigenvalue weighted by Crippen LogP contribution is -2.33. The molecular formula is C20H23N5O3S. The van der Waals surface area contributed by atoms with Gasteiger partial charge >= 0.3 is 0 Å². The predicted octanol–water partition coefficient (Wildman–Crippen LogP) is 2.77. The van der Waals surface area contributed by atoms with Crippen LogP contribution in [0.2, 0.25) is 0 Å². The summed E-state index contributed by atoms with van der Waals surface area (Å²) in [6.07, 6.45) is 1.67. The Morgan fingerprint density at radius 1 is 1.17 bits per heavy atom.